The highest BCUT2D eigenvalue weighted by molar-refractivity contribution is 6.31. The summed E-state index contributed by atoms with van der Waals surface area (Å²) in [6, 6.07) is 9.67. The Labute approximate surface area is 141 Å². The number of hydrogen-bond donors (Lipinski definition) is 1. The van der Waals surface area contributed by atoms with Gasteiger partial charge in [-0.05, 0) is 31.5 Å². The molecule has 1 aromatic carbocycles. The number of benzene rings is 1. The number of aromatic nitrogens is 2. The van der Waals surface area contributed by atoms with Gasteiger partial charge in [0.15, 0.2) is 0 Å². The zero-order valence-corrected chi connectivity index (χ0v) is 14.2. The summed E-state index contributed by atoms with van der Waals surface area (Å²) in [6.07, 6.45) is 0. The monoisotopic (exact) mass is 332 g/mol. The molecule has 1 saturated heterocycles. The van der Waals surface area contributed by atoms with E-state index in [-0.39, 0.29) is 18.5 Å². The van der Waals surface area contributed by atoms with E-state index in [2.05, 4.69) is 10.4 Å². The van der Waals surface area contributed by atoms with Gasteiger partial charge in [0, 0.05) is 30.4 Å². The van der Waals surface area contributed by atoms with Crippen LogP contribution in [0.3, 0.4) is 0 Å². The number of aryl methyl sites for hydroxylation is 2. The van der Waals surface area contributed by atoms with Crippen molar-refractivity contribution in [2.75, 3.05) is 19.6 Å². The van der Waals surface area contributed by atoms with Gasteiger partial charge in [0.25, 0.3) is 0 Å². The average molecular weight is 333 g/mol. The molecule has 5 nitrogen and oxygen atoms in total. The Morgan fingerprint density at radius 3 is 2.87 bits per heavy atom. The minimum atomic E-state index is -0.0399. The fourth-order valence-corrected chi connectivity index (χ4v) is 3.34. The number of carbonyl (C=O) groups is 1. The first-order chi connectivity index (χ1) is 11.1. The van der Waals surface area contributed by atoms with Crippen molar-refractivity contribution in [2.24, 2.45) is 0 Å². The molecular formula is C17H21ClN4O. The van der Waals surface area contributed by atoms with E-state index in [4.69, 9.17) is 11.6 Å². The standard InChI is InChI=1S/C17H21ClN4O/c1-12-9-13(2)22(20-12)11-17(23)21-8-7-19-10-16(21)14-5-3-4-6-15(14)18/h3-6,9,16,19H,7-8,10-11H2,1-2H3. The molecule has 6 heteroatoms. The number of piperazine rings is 1. The zero-order chi connectivity index (χ0) is 16.4. The lowest BCUT2D eigenvalue weighted by Gasteiger charge is -2.37. The van der Waals surface area contributed by atoms with Crippen LogP contribution in [-0.4, -0.2) is 40.2 Å². The lowest BCUT2D eigenvalue weighted by atomic mass is 10.0. The first-order valence-corrected chi connectivity index (χ1v) is 8.19. The van der Waals surface area contributed by atoms with E-state index in [0.29, 0.717) is 18.1 Å². The summed E-state index contributed by atoms with van der Waals surface area (Å²) < 4.78 is 1.77. The highest BCUT2D eigenvalue weighted by atomic mass is 35.5. The number of rotatable bonds is 3. The third-order valence-corrected chi connectivity index (χ3v) is 4.56. The van der Waals surface area contributed by atoms with Gasteiger partial charge < -0.3 is 10.2 Å². The van der Waals surface area contributed by atoms with E-state index in [1.165, 1.54) is 0 Å². The largest absolute Gasteiger partial charge is 0.331 e. The van der Waals surface area contributed by atoms with Gasteiger partial charge in [0.1, 0.15) is 6.54 Å². The number of nitrogens with zero attached hydrogens (tertiary/aromatic N) is 3. The molecule has 1 N–H and O–H groups in total. The molecule has 122 valence electrons. The molecule has 1 fully saturated rings. The van der Waals surface area contributed by atoms with Gasteiger partial charge in [0.05, 0.1) is 11.7 Å². The second-order valence-electron chi connectivity index (χ2n) is 5.91. The van der Waals surface area contributed by atoms with Crippen LogP contribution in [0.4, 0.5) is 0 Å². The molecule has 0 saturated carbocycles. The molecule has 1 aromatic heterocycles. The molecule has 2 heterocycles. The van der Waals surface area contributed by atoms with Crippen molar-refractivity contribution in [3.63, 3.8) is 0 Å². The molecule has 0 radical (unpaired) electrons. The molecule has 3 rings (SSSR count). The maximum atomic E-state index is 12.8. The normalized spacial score (nSPS) is 18.2. The van der Waals surface area contributed by atoms with Crippen LogP contribution in [0.25, 0.3) is 0 Å². The molecule has 2 aromatic rings. The number of amides is 1. The van der Waals surface area contributed by atoms with Crippen LogP contribution in [0.2, 0.25) is 5.02 Å². The summed E-state index contributed by atoms with van der Waals surface area (Å²) >= 11 is 6.33. The highest BCUT2D eigenvalue weighted by Crippen LogP contribution is 2.28. The van der Waals surface area contributed by atoms with Gasteiger partial charge in [-0.3, -0.25) is 9.48 Å². The van der Waals surface area contributed by atoms with Crippen LogP contribution in [0, 0.1) is 13.8 Å². The lowest BCUT2D eigenvalue weighted by molar-refractivity contribution is -0.135. The predicted octanol–water partition coefficient (Wildman–Crippen LogP) is 2.33. The molecule has 1 aliphatic rings. The van der Waals surface area contributed by atoms with E-state index in [9.17, 15) is 4.79 Å². The summed E-state index contributed by atoms with van der Waals surface area (Å²) in [4.78, 5) is 14.7. The second-order valence-corrected chi connectivity index (χ2v) is 6.32. The van der Waals surface area contributed by atoms with Crippen molar-refractivity contribution in [3.8, 4) is 0 Å². The van der Waals surface area contributed by atoms with Crippen molar-refractivity contribution in [3.05, 3.63) is 52.3 Å². The maximum absolute atomic E-state index is 12.8. The average Bonchev–Trinajstić information content (AvgIpc) is 2.85. The Bertz CT molecular complexity index is 712. The van der Waals surface area contributed by atoms with Crippen LogP contribution in [0.15, 0.2) is 30.3 Å². The molecule has 0 aliphatic carbocycles. The maximum Gasteiger partial charge on any atom is 0.244 e. The van der Waals surface area contributed by atoms with Crippen LogP contribution in [0.1, 0.15) is 23.0 Å². The summed E-state index contributed by atoms with van der Waals surface area (Å²) in [5.74, 6) is 0.0719. The molecule has 1 unspecified atom stereocenters. The molecular weight excluding hydrogens is 312 g/mol. The van der Waals surface area contributed by atoms with E-state index in [1.807, 2.05) is 49.1 Å². The smallest absolute Gasteiger partial charge is 0.244 e. The van der Waals surface area contributed by atoms with E-state index in [1.54, 1.807) is 4.68 Å². The first kappa shape index (κ1) is 16.0. The van der Waals surface area contributed by atoms with Crippen molar-refractivity contribution >= 4 is 17.5 Å². The molecule has 1 atom stereocenters. The first-order valence-electron chi connectivity index (χ1n) is 7.82. The zero-order valence-electron chi connectivity index (χ0n) is 13.4. The van der Waals surface area contributed by atoms with E-state index >= 15 is 0 Å². The quantitative estimate of drug-likeness (QED) is 0.938. The Hall–Kier alpha value is -1.85. The van der Waals surface area contributed by atoms with Crippen LogP contribution >= 0.6 is 11.6 Å². The van der Waals surface area contributed by atoms with Crippen molar-refractivity contribution in [2.45, 2.75) is 26.4 Å². The van der Waals surface area contributed by atoms with Crippen LogP contribution < -0.4 is 5.32 Å². The molecule has 1 amide bonds. The number of halogens is 1. The molecule has 23 heavy (non-hydrogen) atoms. The Balaban J connectivity index is 1.82. The molecule has 0 spiro atoms. The van der Waals surface area contributed by atoms with Gasteiger partial charge in [0.2, 0.25) is 5.91 Å². The fourth-order valence-electron chi connectivity index (χ4n) is 3.08. The van der Waals surface area contributed by atoms with E-state index in [0.717, 1.165) is 23.5 Å². The van der Waals surface area contributed by atoms with Gasteiger partial charge in [-0.1, -0.05) is 29.8 Å². The van der Waals surface area contributed by atoms with Crippen LogP contribution in [-0.2, 0) is 11.3 Å². The van der Waals surface area contributed by atoms with Crippen molar-refractivity contribution in [1.29, 1.82) is 0 Å². The summed E-state index contributed by atoms with van der Waals surface area (Å²) in [6.45, 7) is 6.35. The number of nitrogens with one attached hydrogen (secondary N) is 1. The van der Waals surface area contributed by atoms with Crippen molar-refractivity contribution < 1.29 is 4.79 Å². The third-order valence-electron chi connectivity index (χ3n) is 4.22. The Kier molecular flexibility index (Phi) is 4.68. The van der Waals surface area contributed by atoms with Crippen molar-refractivity contribution in [1.82, 2.24) is 20.0 Å². The van der Waals surface area contributed by atoms with Crippen LogP contribution in [0.5, 0.6) is 0 Å². The van der Waals surface area contributed by atoms with Gasteiger partial charge in [-0.15, -0.1) is 0 Å². The highest BCUT2D eigenvalue weighted by Gasteiger charge is 2.29. The predicted molar refractivity (Wildman–Crippen MR) is 90.5 cm³/mol. The van der Waals surface area contributed by atoms with Gasteiger partial charge >= 0.3 is 0 Å². The minimum absolute atomic E-state index is 0.0399. The molecule has 0 bridgehead atoms. The lowest BCUT2D eigenvalue weighted by Crippen LogP contribution is -2.49. The molecule has 1 aliphatic heterocycles. The van der Waals surface area contributed by atoms with E-state index < -0.39 is 0 Å². The Morgan fingerprint density at radius 2 is 2.17 bits per heavy atom. The number of hydrogen-bond acceptors (Lipinski definition) is 3. The fraction of sp³-hybridized carbons (Fsp3) is 0.412. The minimum Gasteiger partial charge on any atom is -0.331 e. The van der Waals surface area contributed by atoms with Gasteiger partial charge in [-0.25, -0.2) is 0 Å². The number of carbonyl (C=O) groups excluding carboxylic acids is 1. The summed E-state index contributed by atoms with van der Waals surface area (Å²) in [5.41, 5.74) is 2.92. The SMILES string of the molecule is Cc1cc(C)n(CC(=O)N2CCNCC2c2ccccc2Cl)n1. The second kappa shape index (κ2) is 6.72. The topological polar surface area (TPSA) is 50.2 Å². The third kappa shape index (κ3) is 3.41. The van der Waals surface area contributed by atoms with Gasteiger partial charge in [-0.2, -0.15) is 5.10 Å². The summed E-state index contributed by atoms with van der Waals surface area (Å²) in [7, 11) is 0. The Morgan fingerprint density at radius 1 is 1.39 bits per heavy atom. The summed E-state index contributed by atoms with van der Waals surface area (Å²) in [5, 5.41) is 8.44.